The van der Waals surface area contributed by atoms with E-state index in [1.54, 1.807) is 4.90 Å². The molecule has 0 radical (unpaired) electrons. The highest BCUT2D eigenvalue weighted by atomic mass is 79.9. The van der Waals surface area contributed by atoms with E-state index in [-0.39, 0.29) is 24.4 Å². The van der Waals surface area contributed by atoms with Gasteiger partial charge in [0.2, 0.25) is 5.91 Å². The van der Waals surface area contributed by atoms with Crippen molar-refractivity contribution in [3.63, 3.8) is 0 Å². The highest BCUT2D eigenvalue weighted by Crippen LogP contribution is 2.27. The molecule has 0 aliphatic heterocycles. The molecule has 0 saturated heterocycles. The molecule has 3 nitrogen and oxygen atoms in total. The first-order valence-corrected chi connectivity index (χ1v) is 7.59. The van der Waals surface area contributed by atoms with Crippen molar-refractivity contribution in [2.24, 2.45) is 11.7 Å². The van der Waals surface area contributed by atoms with Crippen LogP contribution in [0.4, 0.5) is 0 Å². The van der Waals surface area contributed by atoms with Crippen LogP contribution in [-0.2, 0) is 11.3 Å². The molecule has 1 saturated carbocycles. The first kappa shape index (κ1) is 17.5. The van der Waals surface area contributed by atoms with Gasteiger partial charge < -0.3 is 10.6 Å². The van der Waals surface area contributed by atoms with Gasteiger partial charge in [0.15, 0.2) is 0 Å². The molecule has 2 N–H and O–H groups in total. The molecule has 5 heteroatoms. The molecule has 1 aromatic rings. The summed E-state index contributed by atoms with van der Waals surface area (Å²) in [6, 6.07) is 8.29. The van der Waals surface area contributed by atoms with E-state index >= 15 is 0 Å². The molecule has 2 atom stereocenters. The number of amides is 1. The van der Waals surface area contributed by atoms with E-state index in [1.165, 1.54) is 0 Å². The normalized spacial score (nSPS) is 21.4. The monoisotopic (exact) mass is 360 g/mol. The lowest BCUT2D eigenvalue weighted by molar-refractivity contribution is -0.131. The van der Waals surface area contributed by atoms with Crippen LogP contribution in [0.2, 0.25) is 0 Å². The maximum absolute atomic E-state index is 12.2. The summed E-state index contributed by atoms with van der Waals surface area (Å²) >= 11 is 3.41. The zero-order chi connectivity index (χ0) is 13.8. The second-order valence-electron chi connectivity index (χ2n) is 5.44. The molecule has 1 amide bonds. The van der Waals surface area contributed by atoms with Gasteiger partial charge in [0.25, 0.3) is 0 Å². The van der Waals surface area contributed by atoms with Crippen LogP contribution < -0.4 is 5.73 Å². The molecular formula is C15H22BrClN2O. The third kappa shape index (κ3) is 4.76. The van der Waals surface area contributed by atoms with Gasteiger partial charge in [-0.15, -0.1) is 12.4 Å². The van der Waals surface area contributed by atoms with Crippen molar-refractivity contribution in [1.82, 2.24) is 4.90 Å². The number of carbonyl (C=O) groups is 1. The molecule has 1 fully saturated rings. The zero-order valence-corrected chi connectivity index (χ0v) is 14.1. The van der Waals surface area contributed by atoms with Gasteiger partial charge in [-0.3, -0.25) is 4.79 Å². The molecule has 2 rings (SSSR count). The molecule has 1 aromatic carbocycles. The van der Waals surface area contributed by atoms with Crippen LogP contribution in [0.5, 0.6) is 0 Å². The standard InChI is InChI=1S/C15H21BrN2O.ClH/c1-18(10-11-5-7-13(16)8-6-11)15(19)9-12-3-2-4-14(12)17;/h5-8,12,14H,2-4,9-10,17H2,1H3;1H/t12-,14+;/m0./s1. The van der Waals surface area contributed by atoms with E-state index in [1.807, 2.05) is 31.3 Å². The maximum Gasteiger partial charge on any atom is 0.222 e. The van der Waals surface area contributed by atoms with E-state index in [0.29, 0.717) is 18.9 Å². The molecule has 1 aliphatic rings. The lowest BCUT2D eigenvalue weighted by Gasteiger charge is -2.21. The molecule has 20 heavy (non-hydrogen) atoms. The molecule has 1 aliphatic carbocycles. The van der Waals surface area contributed by atoms with E-state index in [9.17, 15) is 4.79 Å². The number of hydrogen-bond acceptors (Lipinski definition) is 2. The number of nitrogens with zero attached hydrogens (tertiary/aromatic N) is 1. The number of hydrogen-bond donors (Lipinski definition) is 1. The summed E-state index contributed by atoms with van der Waals surface area (Å²) in [6.45, 7) is 0.661. The van der Waals surface area contributed by atoms with E-state index in [2.05, 4.69) is 15.9 Å². The summed E-state index contributed by atoms with van der Waals surface area (Å²) in [5.74, 6) is 0.574. The zero-order valence-electron chi connectivity index (χ0n) is 11.7. The van der Waals surface area contributed by atoms with Gasteiger partial charge in [-0.25, -0.2) is 0 Å². The average molecular weight is 362 g/mol. The van der Waals surface area contributed by atoms with Crippen molar-refractivity contribution in [3.05, 3.63) is 34.3 Å². The van der Waals surface area contributed by atoms with Gasteiger partial charge in [0.1, 0.15) is 0 Å². The second-order valence-corrected chi connectivity index (χ2v) is 6.35. The summed E-state index contributed by atoms with van der Waals surface area (Å²) in [6.07, 6.45) is 3.91. The number of rotatable bonds is 4. The fraction of sp³-hybridized carbons (Fsp3) is 0.533. The number of halogens is 2. The van der Waals surface area contributed by atoms with Crippen molar-refractivity contribution in [2.75, 3.05) is 7.05 Å². The summed E-state index contributed by atoms with van der Waals surface area (Å²) in [5.41, 5.74) is 7.17. The predicted molar refractivity (Wildman–Crippen MR) is 87.8 cm³/mol. The Hall–Kier alpha value is -0.580. The summed E-state index contributed by atoms with van der Waals surface area (Å²) in [4.78, 5) is 14.0. The van der Waals surface area contributed by atoms with Gasteiger partial charge >= 0.3 is 0 Å². The molecule has 0 heterocycles. The van der Waals surface area contributed by atoms with E-state index in [0.717, 1.165) is 29.3 Å². The van der Waals surface area contributed by atoms with Crippen molar-refractivity contribution < 1.29 is 4.79 Å². The predicted octanol–water partition coefficient (Wildman–Crippen LogP) is 3.35. The first-order valence-electron chi connectivity index (χ1n) is 6.80. The minimum Gasteiger partial charge on any atom is -0.341 e. The SMILES string of the molecule is CN(Cc1ccc(Br)cc1)C(=O)C[C@@H]1CCC[C@H]1N.Cl. The Balaban J connectivity index is 0.00000200. The lowest BCUT2D eigenvalue weighted by Crippen LogP contribution is -2.32. The molecule has 0 aromatic heterocycles. The van der Waals surface area contributed by atoms with Gasteiger partial charge in [-0.2, -0.15) is 0 Å². The lowest BCUT2D eigenvalue weighted by atomic mass is 9.99. The van der Waals surface area contributed by atoms with Crippen LogP contribution in [-0.4, -0.2) is 23.9 Å². The van der Waals surface area contributed by atoms with Gasteiger partial charge in [0.05, 0.1) is 0 Å². The van der Waals surface area contributed by atoms with Gasteiger partial charge in [-0.1, -0.05) is 34.5 Å². The Kier molecular flexibility index (Phi) is 7.00. The molecular weight excluding hydrogens is 340 g/mol. The Morgan fingerprint density at radius 1 is 1.35 bits per heavy atom. The quantitative estimate of drug-likeness (QED) is 0.894. The molecule has 0 unspecified atom stereocenters. The fourth-order valence-electron chi connectivity index (χ4n) is 2.65. The van der Waals surface area contributed by atoms with E-state index in [4.69, 9.17) is 5.73 Å². The highest BCUT2D eigenvalue weighted by Gasteiger charge is 2.27. The van der Waals surface area contributed by atoms with Gasteiger partial charge in [-0.05, 0) is 36.5 Å². The first-order chi connectivity index (χ1) is 9.06. The summed E-state index contributed by atoms with van der Waals surface area (Å²) in [7, 11) is 1.87. The smallest absolute Gasteiger partial charge is 0.222 e. The Morgan fingerprint density at radius 3 is 2.55 bits per heavy atom. The van der Waals surface area contributed by atoms with Crippen molar-refractivity contribution in [1.29, 1.82) is 0 Å². The number of benzene rings is 1. The molecule has 112 valence electrons. The number of nitrogens with two attached hydrogens (primary N) is 1. The van der Waals surface area contributed by atoms with Crippen LogP contribution in [0.1, 0.15) is 31.2 Å². The third-order valence-electron chi connectivity index (χ3n) is 3.91. The van der Waals surface area contributed by atoms with Crippen molar-refractivity contribution in [3.8, 4) is 0 Å². The van der Waals surface area contributed by atoms with Gasteiger partial charge in [0, 0.05) is 30.5 Å². The van der Waals surface area contributed by atoms with Crippen LogP contribution in [0.3, 0.4) is 0 Å². The Labute approximate surface area is 135 Å². The maximum atomic E-state index is 12.2. The Bertz CT molecular complexity index is 438. The topological polar surface area (TPSA) is 46.3 Å². The minimum absolute atomic E-state index is 0. The average Bonchev–Trinajstić information content (AvgIpc) is 2.78. The van der Waals surface area contributed by atoms with Crippen molar-refractivity contribution >= 4 is 34.2 Å². The van der Waals surface area contributed by atoms with Crippen LogP contribution in [0.15, 0.2) is 28.7 Å². The Morgan fingerprint density at radius 2 is 2.00 bits per heavy atom. The van der Waals surface area contributed by atoms with Crippen LogP contribution in [0.25, 0.3) is 0 Å². The van der Waals surface area contributed by atoms with E-state index < -0.39 is 0 Å². The third-order valence-corrected chi connectivity index (χ3v) is 4.44. The van der Waals surface area contributed by atoms with Crippen LogP contribution in [0, 0.1) is 5.92 Å². The fourth-order valence-corrected chi connectivity index (χ4v) is 2.92. The highest BCUT2D eigenvalue weighted by molar-refractivity contribution is 9.10. The summed E-state index contributed by atoms with van der Waals surface area (Å²) < 4.78 is 1.06. The largest absolute Gasteiger partial charge is 0.341 e. The minimum atomic E-state index is 0. The second kappa shape index (κ2) is 8.01. The molecule has 0 bridgehead atoms. The van der Waals surface area contributed by atoms with Crippen molar-refractivity contribution in [2.45, 2.75) is 38.3 Å². The van der Waals surface area contributed by atoms with Crippen LogP contribution >= 0.6 is 28.3 Å². The number of carbonyl (C=O) groups excluding carboxylic acids is 1. The molecule has 0 spiro atoms. The summed E-state index contributed by atoms with van der Waals surface area (Å²) in [5, 5.41) is 0.